The lowest BCUT2D eigenvalue weighted by Crippen LogP contribution is -2.50. The van der Waals surface area contributed by atoms with Crippen LogP contribution < -0.4 is 5.32 Å². The second kappa shape index (κ2) is 5.61. The SMILES string of the molecule is CN(C(=O)C1COCCO1)C1CCNCC1. The Morgan fingerprint density at radius 3 is 2.69 bits per heavy atom. The quantitative estimate of drug-likeness (QED) is 0.699. The molecule has 0 aromatic rings. The maximum Gasteiger partial charge on any atom is 0.254 e. The van der Waals surface area contributed by atoms with Crippen molar-refractivity contribution in [2.75, 3.05) is 40.0 Å². The second-order valence-electron chi connectivity index (χ2n) is 4.36. The van der Waals surface area contributed by atoms with Gasteiger partial charge in [-0.3, -0.25) is 4.79 Å². The molecule has 0 bridgehead atoms. The first kappa shape index (κ1) is 11.8. The van der Waals surface area contributed by atoms with Gasteiger partial charge in [0.1, 0.15) is 0 Å². The Hall–Kier alpha value is -0.650. The standard InChI is InChI=1S/C11H20N2O3/c1-13(9-2-4-12-5-3-9)11(14)10-8-15-6-7-16-10/h9-10,12H,2-8H2,1H3. The van der Waals surface area contributed by atoms with Crippen LogP contribution in [-0.4, -0.2) is 62.9 Å². The third-order valence-electron chi connectivity index (χ3n) is 3.30. The number of nitrogens with one attached hydrogen (secondary N) is 1. The van der Waals surface area contributed by atoms with Crippen molar-refractivity contribution < 1.29 is 14.3 Å². The van der Waals surface area contributed by atoms with Gasteiger partial charge >= 0.3 is 0 Å². The summed E-state index contributed by atoms with van der Waals surface area (Å²) >= 11 is 0. The molecule has 2 rings (SSSR count). The smallest absolute Gasteiger partial charge is 0.254 e. The Labute approximate surface area is 96.1 Å². The highest BCUT2D eigenvalue weighted by Gasteiger charge is 2.29. The van der Waals surface area contributed by atoms with E-state index >= 15 is 0 Å². The minimum Gasteiger partial charge on any atom is -0.376 e. The van der Waals surface area contributed by atoms with Crippen molar-refractivity contribution in [1.82, 2.24) is 10.2 Å². The molecule has 1 N–H and O–H groups in total. The van der Waals surface area contributed by atoms with Gasteiger partial charge in [-0.2, -0.15) is 0 Å². The maximum atomic E-state index is 12.1. The molecule has 0 aromatic carbocycles. The lowest BCUT2D eigenvalue weighted by molar-refractivity contribution is -0.159. The average Bonchev–Trinajstić information content (AvgIpc) is 2.39. The molecule has 2 saturated heterocycles. The number of carbonyl (C=O) groups excluding carboxylic acids is 1. The maximum absolute atomic E-state index is 12.1. The number of rotatable bonds is 2. The molecule has 0 spiro atoms. The molecule has 2 fully saturated rings. The van der Waals surface area contributed by atoms with Gasteiger partial charge in [-0.15, -0.1) is 0 Å². The first-order valence-electron chi connectivity index (χ1n) is 5.96. The molecule has 1 atom stereocenters. The molecule has 2 aliphatic heterocycles. The Bertz CT molecular complexity index is 235. The third kappa shape index (κ3) is 2.72. The van der Waals surface area contributed by atoms with E-state index in [2.05, 4.69) is 5.32 Å². The number of ether oxygens (including phenoxy) is 2. The Balaban J connectivity index is 1.86. The van der Waals surface area contributed by atoms with E-state index in [0.717, 1.165) is 25.9 Å². The summed E-state index contributed by atoms with van der Waals surface area (Å²) in [5.74, 6) is 0.0617. The zero-order valence-corrected chi connectivity index (χ0v) is 9.78. The first-order valence-corrected chi connectivity index (χ1v) is 5.96. The molecule has 0 saturated carbocycles. The summed E-state index contributed by atoms with van der Waals surface area (Å²) in [5, 5.41) is 3.29. The van der Waals surface area contributed by atoms with Crippen molar-refractivity contribution in [3.05, 3.63) is 0 Å². The van der Waals surface area contributed by atoms with Gasteiger partial charge in [0.2, 0.25) is 0 Å². The predicted molar refractivity (Wildman–Crippen MR) is 59.2 cm³/mol. The minimum atomic E-state index is -0.395. The first-order chi connectivity index (χ1) is 7.79. The predicted octanol–water partition coefficient (Wildman–Crippen LogP) is -0.388. The highest BCUT2D eigenvalue weighted by Crippen LogP contribution is 2.13. The van der Waals surface area contributed by atoms with E-state index < -0.39 is 6.10 Å². The summed E-state index contributed by atoms with van der Waals surface area (Å²) in [7, 11) is 1.87. The fourth-order valence-electron chi connectivity index (χ4n) is 2.23. The van der Waals surface area contributed by atoms with E-state index in [1.54, 1.807) is 0 Å². The van der Waals surface area contributed by atoms with Gasteiger partial charge in [0.25, 0.3) is 5.91 Å². The van der Waals surface area contributed by atoms with E-state index in [9.17, 15) is 4.79 Å². The van der Waals surface area contributed by atoms with Crippen molar-refractivity contribution in [3.63, 3.8) is 0 Å². The van der Waals surface area contributed by atoms with Gasteiger partial charge in [0.15, 0.2) is 6.10 Å². The largest absolute Gasteiger partial charge is 0.376 e. The second-order valence-corrected chi connectivity index (χ2v) is 4.36. The minimum absolute atomic E-state index is 0.0617. The summed E-state index contributed by atoms with van der Waals surface area (Å²) in [6, 6.07) is 0.347. The molecule has 0 aromatic heterocycles. The number of nitrogens with zero attached hydrogens (tertiary/aromatic N) is 1. The molecule has 92 valence electrons. The Morgan fingerprint density at radius 1 is 1.31 bits per heavy atom. The van der Waals surface area contributed by atoms with Crippen LogP contribution in [0.5, 0.6) is 0 Å². The molecular weight excluding hydrogens is 208 g/mol. The Kier molecular flexibility index (Phi) is 4.15. The molecule has 1 unspecified atom stereocenters. The number of carbonyl (C=O) groups is 1. The summed E-state index contributed by atoms with van der Waals surface area (Å²) in [4.78, 5) is 13.9. The van der Waals surface area contributed by atoms with Gasteiger partial charge in [-0.05, 0) is 25.9 Å². The monoisotopic (exact) mass is 228 g/mol. The summed E-state index contributed by atoms with van der Waals surface area (Å²) in [6.07, 6.45) is 1.65. The van der Waals surface area contributed by atoms with Crippen LogP contribution >= 0.6 is 0 Å². The molecule has 16 heavy (non-hydrogen) atoms. The zero-order valence-electron chi connectivity index (χ0n) is 9.78. The van der Waals surface area contributed by atoms with Crippen molar-refractivity contribution in [2.45, 2.75) is 25.0 Å². The molecule has 5 nitrogen and oxygen atoms in total. The third-order valence-corrected chi connectivity index (χ3v) is 3.30. The van der Waals surface area contributed by atoms with Crippen molar-refractivity contribution in [3.8, 4) is 0 Å². The van der Waals surface area contributed by atoms with Crippen LogP contribution in [0.2, 0.25) is 0 Å². The van der Waals surface area contributed by atoms with Crippen LogP contribution in [0.4, 0.5) is 0 Å². The van der Waals surface area contributed by atoms with Crippen molar-refractivity contribution in [1.29, 1.82) is 0 Å². The average molecular weight is 228 g/mol. The van der Waals surface area contributed by atoms with E-state index in [0.29, 0.717) is 25.9 Å². The summed E-state index contributed by atoms with van der Waals surface area (Å²) in [5.41, 5.74) is 0. The number of hydrogen-bond donors (Lipinski definition) is 1. The van der Waals surface area contributed by atoms with Crippen LogP contribution in [0.25, 0.3) is 0 Å². The van der Waals surface area contributed by atoms with Crippen LogP contribution in [0.15, 0.2) is 0 Å². The van der Waals surface area contributed by atoms with E-state index in [1.807, 2.05) is 11.9 Å². The van der Waals surface area contributed by atoms with Gasteiger partial charge < -0.3 is 19.7 Å². The lowest BCUT2D eigenvalue weighted by atomic mass is 10.0. The topological polar surface area (TPSA) is 50.8 Å². The lowest BCUT2D eigenvalue weighted by Gasteiger charge is -2.34. The van der Waals surface area contributed by atoms with E-state index in [1.165, 1.54) is 0 Å². The van der Waals surface area contributed by atoms with Crippen LogP contribution in [-0.2, 0) is 14.3 Å². The van der Waals surface area contributed by atoms with E-state index in [-0.39, 0.29) is 5.91 Å². The fourth-order valence-corrected chi connectivity index (χ4v) is 2.23. The summed E-state index contributed by atoms with van der Waals surface area (Å²) < 4.78 is 10.7. The number of hydrogen-bond acceptors (Lipinski definition) is 4. The van der Waals surface area contributed by atoms with Gasteiger partial charge in [-0.1, -0.05) is 0 Å². The molecule has 2 aliphatic rings. The van der Waals surface area contributed by atoms with Crippen molar-refractivity contribution in [2.24, 2.45) is 0 Å². The van der Waals surface area contributed by atoms with Gasteiger partial charge in [0.05, 0.1) is 19.8 Å². The van der Waals surface area contributed by atoms with Gasteiger partial charge in [-0.25, -0.2) is 0 Å². The molecule has 1 amide bonds. The summed E-state index contributed by atoms with van der Waals surface area (Å²) in [6.45, 7) is 3.50. The van der Waals surface area contributed by atoms with Crippen LogP contribution in [0, 0.1) is 0 Å². The van der Waals surface area contributed by atoms with E-state index in [4.69, 9.17) is 9.47 Å². The zero-order chi connectivity index (χ0) is 11.4. The van der Waals surface area contributed by atoms with Crippen LogP contribution in [0.3, 0.4) is 0 Å². The highest BCUT2D eigenvalue weighted by molar-refractivity contribution is 5.81. The molecule has 0 aliphatic carbocycles. The molecule has 5 heteroatoms. The van der Waals surface area contributed by atoms with Gasteiger partial charge in [0, 0.05) is 13.1 Å². The van der Waals surface area contributed by atoms with Crippen LogP contribution in [0.1, 0.15) is 12.8 Å². The molecule has 2 heterocycles. The Morgan fingerprint density at radius 2 is 2.06 bits per heavy atom. The molecular formula is C11H20N2O3. The number of amides is 1. The van der Waals surface area contributed by atoms with Crippen molar-refractivity contribution >= 4 is 5.91 Å². The number of piperidine rings is 1. The number of likely N-dealkylation sites (N-methyl/N-ethyl adjacent to an activating group) is 1. The molecule has 0 radical (unpaired) electrons. The highest BCUT2D eigenvalue weighted by atomic mass is 16.6. The fraction of sp³-hybridized carbons (Fsp3) is 0.909. The normalized spacial score (nSPS) is 27.7.